The van der Waals surface area contributed by atoms with Crippen LogP contribution in [-0.2, 0) is 19.1 Å². The smallest absolute Gasteiger partial charge is 0.326 e. The van der Waals surface area contributed by atoms with Gasteiger partial charge >= 0.3 is 5.97 Å². The van der Waals surface area contributed by atoms with Crippen molar-refractivity contribution in [1.29, 1.82) is 0 Å². The van der Waals surface area contributed by atoms with Crippen LogP contribution in [0.5, 0.6) is 0 Å². The highest BCUT2D eigenvalue weighted by atomic mass is 79.9. The summed E-state index contributed by atoms with van der Waals surface area (Å²) in [6.45, 7) is 1.21. The maximum absolute atomic E-state index is 11.2. The van der Waals surface area contributed by atoms with E-state index in [1.807, 2.05) is 0 Å². The molecule has 1 amide bonds. The van der Waals surface area contributed by atoms with Crippen LogP contribution < -0.4 is 5.32 Å². The van der Waals surface area contributed by atoms with Gasteiger partial charge in [-0.1, -0.05) is 0 Å². The van der Waals surface area contributed by atoms with Gasteiger partial charge in [0.25, 0.3) is 0 Å². The molecule has 1 atom stereocenters. The van der Waals surface area contributed by atoms with E-state index >= 15 is 0 Å². The molecule has 3 N–H and O–H groups in total. The first-order valence-corrected chi connectivity index (χ1v) is 7.79. The molecular weight excluding hydrogens is 426 g/mol. The van der Waals surface area contributed by atoms with Crippen molar-refractivity contribution in [3.63, 3.8) is 0 Å². The average molecular weight is 443 g/mol. The van der Waals surface area contributed by atoms with Gasteiger partial charge in [-0.2, -0.15) is 0 Å². The monoisotopic (exact) mass is 441 g/mol. The summed E-state index contributed by atoms with van der Waals surface area (Å²) in [5.74, 6) is -2.98. The molecule has 0 spiro atoms. The van der Waals surface area contributed by atoms with E-state index in [4.69, 9.17) is 14.6 Å². The third-order valence-corrected chi connectivity index (χ3v) is 4.67. The average Bonchev–Trinajstić information content (AvgIpc) is 2.37. The summed E-state index contributed by atoms with van der Waals surface area (Å²) in [5, 5.41) is 22.1. The molecule has 9 heteroatoms. The molecule has 0 radical (unpaired) electrons. The van der Waals surface area contributed by atoms with Crippen molar-refractivity contribution in [2.45, 2.75) is 30.8 Å². The number of carbonyl (C=O) groups excluding carboxylic acids is 1. The Morgan fingerprint density at radius 3 is 2.05 bits per heavy atom. The van der Waals surface area contributed by atoms with Crippen LogP contribution in [0.25, 0.3) is 0 Å². The Labute approximate surface area is 144 Å². The molecule has 0 unspecified atom stereocenters. The first-order chi connectivity index (χ1) is 10.1. The molecule has 0 heterocycles. The molecule has 124 valence electrons. The van der Waals surface area contributed by atoms with Crippen LogP contribution in [0.2, 0.25) is 0 Å². The zero-order valence-corrected chi connectivity index (χ0v) is 15.4. The van der Waals surface area contributed by atoms with Crippen LogP contribution >= 0.6 is 31.9 Å². The molecule has 0 fully saturated rings. The van der Waals surface area contributed by atoms with Crippen molar-refractivity contribution in [2.24, 2.45) is 0 Å². The minimum absolute atomic E-state index is 0.254. The van der Waals surface area contributed by atoms with Crippen LogP contribution in [0.1, 0.15) is 13.3 Å². The number of aliphatic carboxylic acids is 1. The van der Waals surface area contributed by atoms with E-state index in [0.717, 1.165) is 0 Å². The van der Waals surface area contributed by atoms with Gasteiger partial charge in [0.05, 0.1) is 8.96 Å². The van der Waals surface area contributed by atoms with Crippen molar-refractivity contribution >= 4 is 43.7 Å². The first-order valence-electron chi connectivity index (χ1n) is 6.20. The number of aliphatic hydroxyl groups is 1. The molecule has 0 saturated heterocycles. The van der Waals surface area contributed by atoms with E-state index in [-0.39, 0.29) is 6.42 Å². The lowest BCUT2D eigenvalue weighted by Gasteiger charge is -2.38. The lowest BCUT2D eigenvalue weighted by molar-refractivity contribution is -0.144. The first kappa shape index (κ1) is 19.3. The van der Waals surface area contributed by atoms with Gasteiger partial charge < -0.3 is 25.0 Å². The van der Waals surface area contributed by atoms with E-state index in [1.165, 1.54) is 33.3 Å². The minimum atomic E-state index is -1.61. The molecule has 1 aliphatic rings. The Morgan fingerprint density at radius 2 is 1.73 bits per heavy atom. The number of amides is 1. The number of carboxylic acids is 1. The SMILES string of the molecule is COC1(OC)C(Br)=CC(O)(C[C@H](NC(C)=O)C(=O)O)C=C1Br. The number of nitrogens with one attached hydrogen (secondary N) is 1. The molecule has 0 aromatic heterocycles. The number of carboxylic acid groups (broad SMARTS) is 1. The molecule has 7 nitrogen and oxygen atoms in total. The zero-order chi connectivity index (χ0) is 17.1. The van der Waals surface area contributed by atoms with Crippen LogP contribution in [0.15, 0.2) is 21.1 Å². The summed E-state index contributed by atoms with van der Waals surface area (Å²) in [4.78, 5) is 22.3. The van der Waals surface area contributed by atoms with Crippen molar-refractivity contribution < 1.29 is 29.3 Å². The molecule has 0 aromatic carbocycles. The number of rotatable bonds is 6. The van der Waals surface area contributed by atoms with E-state index in [0.29, 0.717) is 8.96 Å². The summed E-state index contributed by atoms with van der Waals surface area (Å²) in [7, 11) is 2.85. The van der Waals surface area contributed by atoms with Gasteiger partial charge in [0.15, 0.2) is 0 Å². The topological polar surface area (TPSA) is 105 Å². The summed E-state index contributed by atoms with van der Waals surface area (Å²) in [6.07, 6.45) is 2.50. The van der Waals surface area contributed by atoms with E-state index in [9.17, 15) is 14.7 Å². The maximum atomic E-state index is 11.2. The van der Waals surface area contributed by atoms with Crippen molar-refractivity contribution in [3.8, 4) is 0 Å². The molecule has 0 bridgehead atoms. The number of methoxy groups -OCH3 is 2. The van der Waals surface area contributed by atoms with E-state index < -0.39 is 29.3 Å². The largest absolute Gasteiger partial charge is 0.480 e. The third-order valence-electron chi connectivity index (χ3n) is 3.16. The quantitative estimate of drug-likeness (QED) is 0.535. The van der Waals surface area contributed by atoms with Gasteiger partial charge in [0.2, 0.25) is 11.7 Å². The van der Waals surface area contributed by atoms with Gasteiger partial charge in [-0.05, 0) is 44.0 Å². The van der Waals surface area contributed by atoms with Crippen molar-refractivity contribution in [1.82, 2.24) is 5.32 Å². The van der Waals surface area contributed by atoms with Crippen molar-refractivity contribution in [3.05, 3.63) is 21.1 Å². The number of carbonyl (C=O) groups is 2. The Balaban J connectivity index is 3.12. The minimum Gasteiger partial charge on any atom is -0.480 e. The predicted molar refractivity (Wildman–Crippen MR) is 85.6 cm³/mol. The second kappa shape index (κ2) is 7.22. The third kappa shape index (κ3) is 3.96. The maximum Gasteiger partial charge on any atom is 0.326 e. The highest BCUT2D eigenvalue weighted by molar-refractivity contribution is 9.12. The molecule has 0 saturated carbocycles. The van der Waals surface area contributed by atoms with Gasteiger partial charge in [-0.15, -0.1) is 0 Å². The molecular formula is C13H17Br2NO6. The molecule has 0 aromatic rings. The van der Waals surface area contributed by atoms with Gasteiger partial charge in [-0.25, -0.2) is 4.79 Å². The Bertz CT molecular complexity index is 505. The fourth-order valence-corrected chi connectivity index (χ4v) is 4.28. The molecule has 1 rings (SSSR count). The predicted octanol–water partition coefficient (Wildman–Crippen LogP) is 1.26. The highest BCUT2D eigenvalue weighted by Crippen LogP contribution is 2.44. The lowest BCUT2D eigenvalue weighted by Crippen LogP contribution is -2.47. The van der Waals surface area contributed by atoms with Crippen LogP contribution in [0.4, 0.5) is 0 Å². The molecule has 0 aliphatic heterocycles. The van der Waals surface area contributed by atoms with Crippen molar-refractivity contribution in [2.75, 3.05) is 14.2 Å². The highest BCUT2D eigenvalue weighted by Gasteiger charge is 2.45. The molecule has 1 aliphatic carbocycles. The van der Waals surface area contributed by atoms with E-state index in [2.05, 4.69) is 37.2 Å². The summed E-state index contributed by atoms with van der Waals surface area (Å²) < 4.78 is 11.4. The summed E-state index contributed by atoms with van der Waals surface area (Å²) in [6, 6.07) is -1.24. The number of hydrogen-bond donors (Lipinski definition) is 3. The summed E-state index contributed by atoms with van der Waals surface area (Å²) in [5.41, 5.74) is -1.61. The number of ether oxygens (including phenoxy) is 2. The number of halogens is 2. The zero-order valence-electron chi connectivity index (χ0n) is 12.2. The standard InChI is InChI=1S/C13H17Br2NO6/c1-7(17)16-8(11(18)19)4-12(20)5-9(14)13(21-2,22-3)10(15)6-12/h5-6,8,20H,4H2,1-3H3,(H,16,17)(H,18,19)/t8-/m0/s1. The summed E-state index contributed by atoms with van der Waals surface area (Å²) >= 11 is 6.54. The van der Waals surface area contributed by atoms with Gasteiger partial charge in [0.1, 0.15) is 11.6 Å². The van der Waals surface area contributed by atoms with Crippen LogP contribution in [-0.4, -0.2) is 53.7 Å². The fraction of sp³-hybridized carbons (Fsp3) is 0.538. The Hall–Kier alpha value is -0.740. The van der Waals surface area contributed by atoms with Gasteiger partial charge in [0, 0.05) is 27.6 Å². The Morgan fingerprint density at radius 1 is 1.27 bits per heavy atom. The number of hydrogen-bond acceptors (Lipinski definition) is 5. The van der Waals surface area contributed by atoms with Gasteiger partial charge in [-0.3, -0.25) is 4.79 Å². The van der Waals surface area contributed by atoms with E-state index in [1.54, 1.807) is 0 Å². The fourth-order valence-electron chi connectivity index (χ4n) is 2.15. The Kier molecular flexibility index (Phi) is 6.34. The second-order valence-electron chi connectivity index (χ2n) is 4.80. The van der Waals surface area contributed by atoms with Crippen LogP contribution in [0, 0.1) is 0 Å². The normalized spacial score (nSPS) is 20.6. The lowest BCUT2D eigenvalue weighted by atomic mass is 9.88. The second-order valence-corrected chi connectivity index (χ2v) is 6.50. The van der Waals surface area contributed by atoms with Crippen LogP contribution in [0.3, 0.4) is 0 Å². The molecule has 22 heavy (non-hydrogen) atoms.